The molecule has 0 saturated heterocycles. The summed E-state index contributed by atoms with van der Waals surface area (Å²) in [6.07, 6.45) is 0. The Balaban J connectivity index is 2.69. The Labute approximate surface area is 77.2 Å². The summed E-state index contributed by atoms with van der Waals surface area (Å²) in [6.45, 7) is 0. The van der Waals surface area contributed by atoms with Crippen LogP contribution in [0.3, 0.4) is 0 Å². The van der Waals surface area contributed by atoms with Gasteiger partial charge in [0.15, 0.2) is 0 Å². The van der Waals surface area contributed by atoms with Gasteiger partial charge in [0.1, 0.15) is 5.01 Å². The quantitative estimate of drug-likeness (QED) is 0.728. The summed E-state index contributed by atoms with van der Waals surface area (Å²) in [5.41, 5.74) is 1.07. The van der Waals surface area contributed by atoms with Gasteiger partial charge >= 0.3 is 0 Å². The van der Waals surface area contributed by atoms with Gasteiger partial charge in [0.25, 0.3) is 0 Å². The van der Waals surface area contributed by atoms with Crippen molar-refractivity contribution in [3.63, 3.8) is 0 Å². The molecule has 0 aliphatic carbocycles. The average Bonchev–Trinajstić information content (AvgIpc) is 2.46. The molecule has 11 heavy (non-hydrogen) atoms. The minimum atomic E-state index is 1.02. The van der Waals surface area contributed by atoms with E-state index in [1.165, 1.54) is 4.70 Å². The lowest BCUT2D eigenvalue weighted by atomic mass is 10.3. The molecule has 0 aliphatic rings. The lowest BCUT2D eigenvalue weighted by Crippen LogP contribution is -1.68. The van der Waals surface area contributed by atoms with E-state index in [-0.39, 0.29) is 0 Å². The first-order chi connectivity index (χ1) is 5.40. The zero-order valence-electron chi connectivity index (χ0n) is 5.62. The molecule has 1 aromatic carbocycles. The molecule has 55 valence electrons. The lowest BCUT2D eigenvalue weighted by molar-refractivity contribution is 1.42. The highest BCUT2D eigenvalue weighted by Crippen LogP contribution is 2.23. The predicted molar refractivity (Wildman–Crippen MR) is 51.9 cm³/mol. The standard InChI is InChI=1S/C8H5BrNS/c9-5-8-10-6-3-1-2-4-7(6)11-8/h1-5H. The average molecular weight is 227 g/mol. The second kappa shape index (κ2) is 2.91. The van der Waals surface area contributed by atoms with Gasteiger partial charge in [0.2, 0.25) is 0 Å². The van der Waals surface area contributed by atoms with Gasteiger partial charge < -0.3 is 0 Å². The normalized spacial score (nSPS) is 10.6. The largest absolute Gasteiger partial charge is 0.240 e. The van der Waals surface area contributed by atoms with Gasteiger partial charge in [0.05, 0.1) is 15.5 Å². The number of hydrogen-bond acceptors (Lipinski definition) is 2. The third-order valence-electron chi connectivity index (χ3n) is 1.40. The second-order valence-electron chi connectivity index (χ2n) is 2.13. The van der Waals surface area contributed by atoms with E-state index in [1.807, 2.05) is 23.5 Å². The summed E-state index contributed by atoms with van der Waals surface area (Å²) in [5, 5.41) is 2.86. The summed E-state index contributed by atoms with van der Waals surface area (Å²) in [7, 11) is 0. The molecule has 0 unspecified atom stereocenters. The molecule has 1 nitrogen and oxygen atoms in total. The predicted octanol–water partition coefficient (Wildman–Crippen LogP) is 3.20. The number of hydrogen-bond donors (Lipinski definition) is 0. The number of aromatic nitrogens is 1. The zero-order chi connectivity index (χ0) is 7.68. The maximum atomic E-state index is 4.35. The first-order valence-electron chi connectivity index (χ1n) is 3.19. The fourth-order valence-corrected chi connectivity index (χ4v) is 2.10. The monoisotopic (exact) mass is 226 g/mol. The Morgan fingerprint density at radius 1 is 1.36 bits per heavy atom. The van der Waals surface area contributed by atoms with Crippen molar-refractivity contribution in [2.24, 2.45) is 0 Å². The fraction of sp³-hybridized carbons (Fsp3) is 0. The highest BCUT2D eigenvalue weighted by Gasteiger charge is 1.99. The van der Waals surface area contributed by atoms with Crippen molar-refractivity contribution < 1.29 is 0 Å². The van der Waals surface area contributed by atoms with E-state index in [9.17, 15) is 0 Å². The summed E-state index contributed by atoms with van der Waals surface area (Å²) in [4.78, 5) is 4.35. The minimum absolute atomic E-state index is 1.02. The first-order valence-corrected chi connectivity index (χ1v) is 4.92. The van der Waals surface area contributed by atoms with Crippen LogP contribution < -0.4 is 0 Å². The number of halogens is 1. The summed E-state index contributed by atoms with van der Waals surface area (Å²) < 4.78 is 1.23. The van der Waals surface area contributed by atoms with Gasteiger partial charge in [-0.25, -0.2) is 4.98 Å². The number of para-hydroxylation sites is 1. The van der Waals surface area contributed by atoms with E-state index in [0.717, 1.165) is 10.5 Å². The van der Waals surface area contributed by atoms with Gasteiger partial charge in [-0.2, -0.15) is 0 Å². The third kappa shape index (κ3) is 1.30. The number of fused-ring (bicyclic) bond motifs is 1. The molecular weight excluding hydrogens is 222 g/mol. The number of nitrogens with zero attached hydrogens (tertiary/aromatic N) is 1. The molecule has 0 fully saturated rings. The van der Waals surface area contributed by atoms with E-state index in [1.54, 1.807) is 11.3 Å². The van der Waals surface area contributed by atoms with Crippen molar-refractivity contribution >= 4 is 37.5 Å². The van der Waals surface area contributed by atoms with E-state index in [4.69, 9.17) is 0 Å². The Kier molecular flexibility index (Phi) is 1.92. The molecule has 0 saturated carbocycles. The number of thiazole rings is 1. The van der Waals surface area contributed by atoms with Crippen LogP contribution >= 0.6 is 27.3 Å². The van der Waals surface area contributed by atoms with E-state index in [0.29, 0.717) is 0 Å². The maximum Gasteiger partial charge on any atom is 0.109 e. The number of rotatable bonds is 1. The molecule has 1 radical (unpaired) electrons. The molecule has 0 bridgehead atoms. The molecule has 3 heteroatoms. The van der Waals surface area contributed by atoms with E-state index < -0.39 is 0 Å². The van der Waals surface area contributed by atoms with Crippen LogP contribution in [-0.4, -0.2) is 4.98 Å². The van der Waals surface area contributed by atoms with Gasteiger partial charge in [0, 0.05) is 0 Å². The Bertz CT molecular complexity index is 336. The minimum Gasteiger partial charge on any atom is -0.240 e. The van der Waals surface area contributed by atoms with Crippen LogP contribution in [0.2, 0.25) is 0 Å². The fourth-order valence-electron chi connectivity index (χ4n) is 0.937. The molecule has 0 amide bonds. The molecule has 0 N–H and O–H groups in total. The SMILES string of the molecule is Br[CH]c1nc2ccccc2s1. The van der Waals surface area contributed by atoms with Crippen LogP contribution in [0, 0.1) is 5.33 Å². The summed E-state index contributed by atoms with van der Waals surface area (Å²) >= 11 is 4.94. The highest BCUT2D eigenvalue weighted by molar-refractivity contribution is 9.10. The van der Waals surface area contributed by atoms with Crippen LogP contribution in [0.4, 0.5) is 0 Å². The van der Waals surface area contributed by atoms with Gasteiger partial charge in [-0.3, -0.25) is 0 Å². The van der Waals surface area contributed by atoms with Crippen molar-refractivity contribution in [3.05, 3.63) is 34.6 Å². The smallest absolute Gasteiger partial charge is 0.109 e. The zero-order valence-corrected chi connectivity index (χ0v) is 8.02. The highest BCUT2D eigenvalue weighted by atomic mass is 79.9. The maximum absolute atomic E-state index is 4.35. The molecule has 2 aromatic rings. The van der Waals surface area contributed by atoms with Crippen molar-refractivity contribution in [2.45, 2.75) is 0 Å². The van der Waals surface area contributed by atoms with Gasteiger partial charge in [-0.1, -0.05) is 28.1 Å². The Morgan fingerprint density at radius 2 is 2.18 bits per heavy atom. The first kappa shape index (κ1) is 7.25. The molecule has 1 heterocycles. The third-order valence-corrected chi connectivity index (χ3v) is 3.12. The van der Waals surface area contributed by atoms with E-state index >= 15 is 0 Å². The van der Waals surface area contributed by atoms with Crippen LogP contribution in [0.25, 0.3) is 10.2 Å². The Morgan fingerprint density at radius 3 is 2.91 bits per heavy atom. The van der Waals surface area contributed by atoms with Crippen LogP contribution in [0.15, 0.2) is 24.3 Å². The summed E-state index contributed by atoms with van der Waals surface area (Å²) in [6, 6.07) is 8.12. The van der Waals surface area contributed by atoms with E-state index in [2.05, 4.69) is 27.0 Å². The van der Waals surface area contributed by atoms with Crippen molar-refractivity contribution in [3.8, 4) is 0 Å². The van der Waals surface area contributed by atoms with Gasteiger partial charge in [-0.15, -0.1) is 11.3 Å². The van der Waals surface area contributed by atoms with Crippen molar-refractivity contribution in [1.29, 1.82) is 0 Å². The summed E-state index contributed by atoms with van der Waals surface area (Å²) in [5.74, 6) is 0. The molecular formula is C8H5BrNS. The Hall–Kier alpha value is -0.410. The van der Waals surface area contributed by atoms with Gasteiger partial charge in [-0.05, 0) is 12.1 Å². The number of benzene rings is 1. The topological polar surface area (TPSA) is 12.9 Å². The molecule has 0 spiro atoms. The molecule has 0 atom stereocenters. The lowest BCUT2D eigenvalue weighted by Gasteiger charge is -1.80. The molecule has 2 rings (SSSR count). The molecule has 0 aliphatic heterocycles. The van der Waals surface area contributed by atoms with Crippen LogP contribution in [0.1, 0.15) is 5.01 Å². The van der Waals surface area contributed by atoms with Crippen LogP contribution in [0.5, 0.6) is 0 Å². The van der Waals surface area contributed by atoms with Crippen molar-refractivity contribution in [1.82, 2.24) is 4.98 Å². The van der Waals surface area contributed by atoms with Crippen LogP contribution in [-0.2, 0) is 0 Å². The second-order valence-corrected chi connectivity index (χ2v) is 3.65. The molecule has 1 aromatic heterocycles. The van der Waals surface area contributed by atoms with Crippen molar-refractivity contribution in [2.75, 3.05) is 0 Å².